The van der Waals surface area contributed by atoms with Gasteiger partial charge in [-0.25, -0.2) is 4.79 Å². The van der Waals surface area contributed by atoms with Crippen LogP contribution in [0.5, 0.6) is 5.75 Å². The Morgan fingerprint density at radius 1 is 1.33 bits per heavy atom. The zero-order chi connectivity index (χ0) is 17.3. The Hall–Kier alpha value is -2.05. The number of hydrogen-bond acceptors (Lipinski definition) is 4. The fraction of sp³-hybridized carbons (Fsp3) is 0.176. The third kappa shape index (κ3) is 3.39. The van der Waals surface area contributed by atoms with Crippen molar-refractivity contribution in [3.8, 4) is 5.75 Å². The second-order valence-corrected chi connectivity index (χ2v) is 6.57. The van der Waals surface area contributed by atoms with Crippen LogP contribution in [0.3, 0.4) is 0 Å². The summed E-state index contributed by atoms with van der Waals surface area (Å²) in [4.78, 5) is 24.0. The van der Waals surface area contributed by atoms with Crippen molar-refractivity contribution in [1.29, 1.82) is 0 Å². The van der Waals surface area contributed by atoms with Crippen molar-refractivity contribution in [3.05, 3.63) is 62.0 Å². The Labute approximate surface area is 150 Å². The first kappa shape index (κ1) is 16.8. The van der Waals surface area contributed by atoms with E-state index < -0.39 is 11.7 Å². The summed E-state index contributed by atoms with van der Waals surface area (Å²) >= 11 is 9.43. The first-order valence-electron chi connectivity index (χ1n) is 7.20. The quantitative estimate of drug-likeness (QED) is 0.475. The summed E-state index contributed by atoms with van der Waals surface area (Å²) < 4.78 is 12.7. The van der Waals surface area contributed by atoms with E-state index in [1.165, 1.54) is 4.57 Å². The summed E-state index contributed by atoms with van der Waals surface area (Å²) in [5.41, 5.74) is 1.88. The predicted molar refractivity (Wildman–Crippen MR) is 94.6 cm³/mol. The monoisotopic (exact) mass is 409 g/mol. The van der Waals surface area contributed by atoms with Crippen molar-refractivity contribution in [2.24, 2.45) is 0 Å². The van der Waals surface area contributed by atoms with Crippen molar-refractivity contribution in [2.75, 3.05) is 0 Å². The third-order valence-electron chi connectivity index (χ3n) is 3.52. The van der Waals surface area contributed by atoms with E-state index in [2.05, 4.69) is 15.9 Å². The number of hydrogen-bond donors (Lipinski definition) is 0. The molecule has 3 aromatic rings. The van der Waals surface area contributed by atoms with E-state index in [0.717, 1.165) is 10.0 Å². The molecule has 0 bridgehead atoms. The lowest BCUT2D eigenvalue weighted by Gasteiger charge is -2.10. The Morgan fingerprint density at radius 3 is 2.83 bits per heavy atom. The number of oxazole rings is 1. The maximum absolute atomic E-state index is 12.1. The van der Waals surface area contributed by atoms with Crippen LogP contribution in [0, 0.1) is 6.92 Å². The molecule has 1 aromatic heterocycles. The van der Waals surface area contributed by atoms with E-state index in [1.807, 2.05) is 6.07 Å². The van der Waals surface area contributed by atoms with Crippen LogP contribution in [0.1, 0.15) is 12.0 Å². The lowest BCUT2D eigenvalue weighted by atomic mass is 10.2. The highest BCUT2D eigenvalue weighted by atomic mass is 79.9. The van der Waals surface area contributed by atoms with Crippen LogP contribution in [0.15, 0.2) is 50.1 Å². The molecule has 0 atom stereocenters. The number of fused-ring (bicyclic) bond motifs is 1. The van der Waals surface area contributed by atoms with Gasteiger partial charge in [-0.1, -0.05) is 39.7 Å². The third-order valence-corrected chi connectivity index (χ3v) is 4.26. The SMILES string of the molecule is Cc1cc(Br)cc(Cl)c1OC(=O)CCn1c(=O)oc2ccccc21. The van der Waals surface area contributed by atoms with Gasteiger partial charge in [0.25, 0.3) is 0 Å². The second kappa shape index (κ2) is 6.83. The number of carbonyl (C=O) groups is 1. The molecule has 0 aliphatic carbocycles. The summed E-state index contributed by atoms with van der Waals surface area (Å²) in [6.45, 7) is 1.97. The first-order valence-corrected chi connectivity index (χ1v) is 8.37. The zero-order valence-electron chi connectivity index (χ0n) is 12.7. The van der Waals surface area contributed by atoms with Gasteiger partial charge in [-0.2, -0.15) is 0 Å². The Kier molecular flexibility index (Phi) is 4.78. The van der Waals surface area contributed by atoms with Gasteiger partial charge in [0.2, 0.25) is 0 Å². The van der Waals surface area contributed by atoms with Crippen molar-refractivity contribution in [2.45, 2.75) is 19.9 Å². The van der Waals surface area contributed by atoms with Crippen LogP contribution in [0.4, 0.5) is 0 Å². The van der Waals surface area contributed by atoms with E-state index in [1.54, 1.807) is 37.3 Å². The van der Waals surface area contributed by atoms with Crippen LogP contribution < -0.4 is 10.5 Å². The molecule has 0 aliphatic heterocycles. The standard InChI is InChI=1S/C17H13BrClNO4/c1-10-8-11(18)9-12(19)16(10)24-15(21)6-7-20-13-4-2-3-5-14(13)23-17(20)22/h2-5,8-9H,6-7H2,1H3. The van der Waals surface area contributed by atoms with Crippen LogP contribution in [-0.4, -0.2) is 10.5 Å². The average Bonchev–Trinajstić information content (AvgIpc) is 2.84. The largest absolute Gasteiger partial charge is 0.425 e. The maximum Gasteiger partial charge on any atom is 0.419 e. The van der Waals surface area contributed by atoms with E-state index in [4.69, 9.17) is 20.8 Å². The van der Waals surface area contributed by atoms with Gasteiger partial charge in [-0.05, 0) is 36.8 Å². The number of benzene rings is 2. The molecule has 0 unspecified atom stereocenters. The summed E-state index contributed by atoms with van der Waals surface area (Å²) in [5.74, 6) is -0.643. The topological polar surface area (TPSA) is 61.4 Å². The number of rotatable bonds is 4. The molecule has 7 heteroatoms. The van der Waals surface area contributed by atoms with E-state index >= 15 is 0 Å². The fourth-order valence-corrected chi connectivity index (χ4v) is 3.42. The average molecular weight is 411 g/mol. The van der Waals surface area contributed by atoms with Gasteiger partial charge in [0.1, 0.15) is 0 Å². The van der Waals surface area contributed by atoms with E-state index in [0.29, 0.717) is 21.9 Å². The van der Waals surface area contributed by atoms with Crippen molar-refractivity contribution < 1.29 is 13.9 Å². The Bertz CT molecular complexity index is 953. The predicted octanol–water partition coefficient (Wildman–Crippen LogP) is 4.31. The molecule has 5 nitrogen and oxygen atoms in total. The molecule has 24 heavy (non-hydrogen) atoms. The van der Waals surface area contributed by atoms with Crippen LogP contribution >= 0.6 is 27.5 Å². The molecule has 0 fully saturated rings. The van der Waals surface area contributed by atoms with Crippen LogP contribution in [0.2, 0.25) is 5.02 Å². The van der Waals surface area contributed by atoms with Crippen molar-refractivity contribution in [3.63, 3.8) is 0 Å². The highest BCUT2D eigenvalue weighted by molar-refractivity contribution is 9.10. The van der Waals surface area contributed by atoms with Gasteiger partial charge in [-0.15, -0.1) is 0 Å². The fourth-order valence-electron chi connectivity index (χ4n) is 2.41. The molecule has 0 saturated carbocycles. The van der Waals surface area contributed by atoms with Gasteiger partial charge in [0, 0.05) is 11.0 Å². The molecule has 1 heterocycles. The minimum atomic E-state index is -0.498. The van der Waals surface area contributed by atoms with Crippen molar-refractivity contribution >= 4 is 44.6 Å². The normalized spacial score (nSPS) is 11.0. The maximum atomic E-state index is 12.1. The van der Waals surface area contributed by atoms with E-state index in [9.17, 15) is 9.59 Å². The van der Waals surface area contributed by atoms with Gasteiger partial charge >= 0.3 is 11.7 Å². The van der Waals surface area contributed by atoms with Gasteiger partial charge in [-0.3, -0.25) is 9.36 Å². The number of aromatic nitrogens is 1. The van der Waals surface area contributed by atoms with Crippen LogP contribution in [0.25, 0.3) is 11.1 Å². The van der Waals surface area contributed by atoms with E-state index in [-0.39, 0.29) is 13.0 Å². The molecular weight excluding hydrogens is 398 g/mol. The molecule has 0 N–H and O–H groups in total. The number of halogens is 2. The minimum Gasteiger partial charge on any atom is -0.425 e. The minimum absolute atomic E-state index is 0.0231. The number of para-hydroxylation sites is 2. The molecule has 2 aromatic carbocycles. The molecule has 3 rings (SSSR count). The molecule has 0 saturated heterocycles. The summed E-state index contributed by atoms with van der Waals surface area (Å²) in [5, 5.41) is 0.348. The first-order chi connectivity index (χ1) is 11.5. The smallest absolute Gasteiger partial charge is 0.419 e. The lowest BCUT2D eigenvalue weighted by molar-refractivity contribution is -0.134. The molecule has 0 aliphatic rings. The number of aryl methyl sites for hydroxylation is 2. The summed E-state index contributed by atoms with van der Waals surface area (Å²) in [7, 11) is 0. The van der Waals surface area contributed by atoms with Crippen LogP contribution in [-0.2, 0) is 11.3 Å². The Balaban J connectivity index is 1.74. The summed E-state index contributed by atoms with van der Waals surface area (Å²) in [6.07, 6.45) is 0.0231. The molecule has 124 valence electrons. The van der Waals surface area contributed by atoms with Crippen molar-refractivity contribution in [1.82, 2.24) is 4.57 Å². The molecule has 0 radical (unpaired) electrons. The Morgan fingerprint density at radius 2 is 2.08 bits per heavy atom. The number of esters is 1. The highest BCUT2D eigenvalue weighted by Crippen LogP contribution is 2.32. The lowest BCUT2D eigenvalue weighted by Crippen LogP contribution is -2.19. The highest BCUT2D eigenvalue weighted by Gasteiger charge is 2.14. The number of nitrogens with zero attached hydrogens (tertiary/aromatic N) is 1. The second-order valence-electron chi connectivity index (χ2n) is 5.25. The van der Waals surface area contributed by atoms with Gasteiger partial charge in [0.15, 0.2) is 11.3 Å². The van der Waals surface area contributed by atoms with Gasteiger partial charge < -0.3 is 9.15 Å². The number of carbonyl (C=O) groups excluding carboxylic acids is 1. The zero-order valence-corrected chi connectivity index (χ0v) is 15.1. The summed E-state index contributed by atoms with van der Waals surface area (Å²) in [6, 6.07) is 10.5. The molecule has 0 amide bonds. The van der Waals surface area contributed by atoms with Gasteiger partial charge in [0.05, 0.1) is 17.0 Å². The molecular formula is C17H13BrClNO4. The molecule has 0 spiro atoms. The number of ether oxygens (including phenoxy) is 1.